The van der Waals surface area contributed by atoms with Crippen molar-refractivity contribution in [3.63, 3.8) is 0 Å². The van der Waals surface area contributed by atoms with Crippen LogP contribution in [0, 0.1) is 0 Å². The first-order chi connectivity index (χ1) is 15.1. The molecule has 2 aromatic carbocycles. The largest absolute Gasteiger partial charge is 0.497 e. The van der Waals surface area contributed by atoms with Crippen molar-refractivity contribution in [2.24, 2.45) is 0 Å². The van der Waals surface area contributed by atoms with Gasteiger partial charge in [-0.05, 0) is 56.6 Å². The number of rotatable bonds is 7. The van der Waals surface area contributed by atoms with E-state index >= 15 is 0 Å². The van der Waals surface area contributed by atoms with Gasteiger partial charge in [0.2, 0.25) is 0 Å². The monoisotopic (exact) mass is 420 g/mol. The van der Waals surface area contributed by atoms with E-state index in [4.69, 9.17) is 4.74 Å². The van der Waals surface area contributed by atoms with Crippen molar-refractivity contribution in [1.82, 2.24) is 20.0 Å². The number of ether oxygens (including phenoxy) is 1. The molecule has 162 valence electrons. The Hall–Kier alpha value is -3.19. The summed E-state index contributed by atoms with van der Waals surface area (Å²) in [6.45, 7) is 4.70. The summed E-state index contributed by atoms with van der Waals surface area (Å²) >= 11 is 0. The lowest BCUT2D eigenvalue weighted by molar-refractivity contribution is 0.0932. The average molecular weight is 421 g/mol. The molecule has 0 radical (unpaired) electrons. The summed E-state index contributed by atoms with van der Waals surface area (Å²) in [6, 6.07) is 15.2. The number of carbonyl (C=O) groups excluding carboxylic acids is 1. The molecule has 0 aliphatic carbocycles. The number of carbonyl (C=O) groups is 1. The summed E-state index contributed by atoms with van der Waals surface area (Å²) in [6.07, 6.45) is 2.31. The maximum absolute atomic E-state index is 13.2. The van der Waals surface area contributed by atoms with Crippen molar-refractivity contribution >= 4 is 16.7 Å². The molecule has 1 unspecified atom stereocenters. The molecule has 4 rings (SSSR count). The summed E-state index contributed by atoms with van der Waals surface area (Å²) in [5.74, 6) is 0.529. The Bertz CT molecular complexity index is 1140. The number of nitrogens with one attached hydrogen (secondary N) is 1. The third kappa shape index (κ3) is 4.32. The van der Waals surface area contributed by atoms with Crippen molar-refractivity contribution < 1.29 is 9.53 Å². The highest BCUT2D eigenvalue weighted by Gasteiger charge is 2.25. The molecule has 1 saturated heterocycles. The smallest absolute Gasteiger partial charge is 0.274 e. The van der Waals surface area contributed by atoms with Crippen molar-refractivity contribution in [2.75, 3.05) is 26.7 Å². The first kappa shape index (κ1) is 21.1. The van der Waals surface area contributed by atoms with E-state index in [1.807, 2.05) is 31.2 Å². The molecular weight excluding hydrogens is 392 g/mol. The molecule has 1 aliphatic heterocycles. The number of hydrogen-bond acceptors (Lipinski definition) is 5. The second-order valence-corrected chi connectivity index (χ2v) is 7.76. The summed E-state index contributed by atoms with van der Waals surface area (Å²) in [5, 5.41) is 8.51. The first-order valence-corrected chi connectivity index (χ1v) is 10.8. The van der Waals surface area contributed by atoms with Gasteiger partial charge >= 0.3 is 0 Å². The molecule has 31 heavy (non-hydrogen) atoms. The predicted molar refractivity (Wildman–Crippen MR) is 121 cm³/mol. The highest BCUT2D eigenvalue weighted by Crippen LogP contribution is 2.27. The topological polar surface area (TPSA) is 76.5 Å². The van der Waals surface area contributed by atoms with Gasteiger partial charge in [-0.15, -0.1) is 0 Å². The number of nitrogens with zero attached hydrogens (tertiary/aromatic N) is 3. The number of aromatic nitrogens is 2. The fraction of sp³-hybridized carbons (Fsp3) is 0.375. The van der Waals surface area contributed by atoms with E-state index in [0.717, 1.165) is 37.2 Å². The number of methoxy groups -OCH3 is 1. The first-order valence-electron chi connectivity index (χ1n) is 10.8. The van der Waals surface area contributed by atoms with Crippen LogP contribution < -0.4 is 15.6 Å². The fourth-order valence-corrected chi connectivity index (χ4v) is 4.25. The van der Waals surface area contributed by atoms with E-state index in [1.54, 1.807) is 25.3 Å². The quantitative estimate of drug-likeness (QED) is 0.636. The lowest BCUT2D eigenvalue weighted by Gasteiger charge is -2.28. The van der Waals surface area contributed by atoms with E-state index in [2.05, 4.69) is 21.4 Å². The third-order valence-electron chi connectivity index (χ3n) is 5.90. The zero-order valence-electron chi connectivity index (χ0n) is 18.0. The van der Waals surface area contributed by atoms with Crippen LogP contribution in [0.15, 0.2) is 53.3 Å². The van der Waals surface area contributed by atoms with E-state index in [-0.39, 0.29) is 23.2 Å². The van der Waals surface area contributed by atoms with Gasteiger partial charge in [0.05, 0.1) is 18.5 Å². The van der Waals surface area contributed by atoms with Crippen LogP contribution in [0.2, 0.25) is 0 Å². The Kier molecular flexibility index (Phi) is 6.32. The summed E-state index contributed by atoms with van der Waals surface area (Å²) in [4.78, 5) is 28.1. The second-order valence-electron chi connectivity index (χ2n) is 7.76. The second kappa shape index (κ2) is 9.31. The number of amides is 1. The Balaban J connectivity index is 1.62. The van der Waals surface area contributed by atoms with Crippen molar-refractivity contribution in [1.29, 1.82) is 0 Å². The summed E-state index contributed by atoms with van der Waals surface area (Å²) < 4.78 is 6.74. The average Bonchev–Trinajstić information content (AvgIpc) is 3.34. The minimum Gasteiger partial charge on any atom is -0.497 e. The van der Waals surface area contributed by atoms with Crippen LogP contribution in [-0.4, -0.2) is 47.3 Å². The van der Waals surface area contributed by atoms with Gasteiger partial charge in [-0.1, -0.05) is 30.3 Å². The Morgan fingerprint density at radius 2 is 1.87 bits per heavy atom. The molecule has 3 aromatic rings. The van der Waals surface area contributed by atoms with Crippen LogP contribution in [0.3, 0.4) is 0 Å². The lowest BCUT2D eigenvalue weighted by atomic mass is 10.0. The van der Waals surface area contributed by atoms with Gasteiger partial charge in [-0.2, -0.15) is 5.10 Å². The molecular formula is C24H28N4O3. The maximum Gasteiger partial charge on any atom is 0.274 e. The molecule has 1 N–H and O–H groups in total. The summed E-state index contributed by atoms with van der Waals surface area (Å²) in [7, 11) is 1.66. The van der Waals surface area contributed by atoms with Crippen LogP contribution in [0.1, 0.15) is 41.9 Å². The van der Waals surface area contributed by atoms with E-state index < -0.39 is 0 Å². The van der Waals surface area contributed by atoms with E-state index in [0.29, 0.717) is 23.9 Å². The van der Waals surface area contributed by atoms with Gasteiger partial charge in [0.1, 0.15) is 5.75 Å². The van der Waals surface area contributed by atoms with E-state index in [1.165, 1.54) is 4.68 Å². The fourth-order valence-electron chi connectivity index (χ4n) is 4.25. The zero-order valence-corrected chi connectivity index (χ0v) is 18.0. The molecule has 1 fully saturated rings. The van der Waals surface area contributed by atoms with Crippen molar-refractivity contribution in [3.8, 4) is 5.75 Å². The predicted octanol–water partition coefficient (Wildman–Crippen LogP) is 2.99. The molecule has 0 saturated carbocycles. The number of hydrogen-bond donors (Lipinski definition) is 1. The molecule has 7 heteroatoms. The zero-order chi connectivity index (χ0) is 21.8. The van der Waals surface area contributed by atoms with Crippen LogP contribution in [0.4, 0.5) is 0 Å². The van der Waals surface area contributed by atoms with Crippen LogP contribution in [0.25, 0.3) is 10.8 Å². The number of likely N-dealkylation sites (tertiary alicyclic amines) is 1. The number of benzene rings is 2. The highest BCUT2D eigenvalue weighted by molar-refractivity contribution is 6.04. The van der Waals surface area contributed by atoms with Gasteiger partial charge in [0.15, 0.2) is 5.69 Å². The lowest BCUT2D eigenvalue weighted by Crippen LogP contribution is -2.38. The number of aryl methyl sites for hydroxylation is 1. The summed E-state index contributed by atoms with van der Waals surface area (Å²) in [5.41, 5.74) is 1.21. The molecule has 1 atom stereocenters. The van der Waals surface area contributed by atoms with Crippen LogP contribution in [0.5, 0.6) is 5.75 Å². The van der Waals surface area contributed by atoms with Gasteiger partial charge in [-0.3, -0.25) is 14.5 Å². The van der Waals surface area contributed by atoms with Crippen LogP contribution >= 0.6 is 0 Å². The van der Waals surface area contributed by atoms with Crippen molar-refractivity contribution in [2.45, 2.75) is 32.4 Å². The molecule has 0 spiro atoms. The molecule has 7 nitrogen and oxygen atoms in total. The highest BCUT2D eigenvalue weighted by atomic mass is 16.5. The molecule has 1 amide bonds. The van der Waals surface area contributed by atoms with Gasteiger partial charge in [-0.25, -0.2) is 4.68 Å². The third-order valence-corrected chi connectivity index (χ3v) is 5.90. The Morgan fingerprint density at radius 3 is 2.58 bits per heavy atom. The van der Waals surface area contributed by atoms with E-state index in [9.17, 15) is 9.59 Å². The van der Waals surface area contributed by atoms with Gasteiger partial charge in [0.25, 0.3) is 11.5 Å². The van der Waals surface area contributed by atoms with Gasteiger partial charge < -0.3 is 10.1 Å². The normalized spacial score (nSPS) is 15.2. The molecule has 2 heterocycles. The minimum absolute atomic E-state index is 0.0462. The van der Waals surface area contributed by atoms with Gasteiger partial charge in [0, 0.05) is 18.5 Å². The maximum atomic E-state index is 13.2. The Morgan fingerprint density at radius 1 is 1.13 bits per heavy atom. The van der Waals surface area contributed by atoms with Crippen LogP contribution in [-0.2, 0) is 6.54 Å². The molecule has 0 bridgehead atoms. The number of fused-ring (bicyclic) bond motifs is 1. The molecule has 1 aromatic heterocycles. The molecule has 1 aliphatic rings. The minimum atomic E-state index is -0.273. The SMILES string of the molecule is CCn1nc(C(=O)NCC(c2cccc(OC)c2)N2CCCC2)c2ccccc2c1=O. The Labute approximate surface area is 181 Å². The standard InChI is InChI=1S/C24H28N4O3/c1-3-28-24(30)20-12-5-4-11-19(20)22(26-28)23(29)25-16-21(27-13-6-7-14-27)17-9-8-10-18(15-17)31-2/h4-5,8-12,15,21H,3,6-7,13-14,16H2,1-2H3,(H,25,29). The van der Waals surface area contributed by atoms with Crippen molar-refractivity contribution in [3.05, 3.63) is 70.1 Å².